The molecule has 0 radical (unpaired) electrons. The first-order chi connectivity index (χ1) is 12.2. The van der Waals surface area contributed by atoms with Gasteiger partial charge in [0.1, 0.15) is 5.75 Å². The average Bonchev–Trinajstić information content (AvgIpc) is 2.61. The molecule has 25 heavy (non-hydrogen) atoms. The van der Waals surface area contributed by atoms with E-state index < -0.39 is 0 Å². The van der Waals surface area contributed by atoms with Crippen molar-refractivity contribution in [3.8, 4) is 5.75 Å². The van der Waals surface area contributed by atoms with E-state index in [9.17, 15) is 4.79 Å². The first kappa shape index (κ1) is 19.0. The maximum absolute atomic E-state index is 11.9. The lowest BCUT2D eigenvalue weighted by Crippen LogP contribution is -2.24. The Balaban J connectivity index is 1.52. The van der Waals surface area contributed by atoms with Gasteiger partial charge in [0, 0.05) is 13.0 Å². The highest BCUT2D eigenvalue weighted by atomic mass is 16.5. The van der Waals surface area contributed by atoms with Crippen LogP contribution in [0.2, 0.25) is 0 Å². The largest absolute Gasteiger partial charge is 0.493 e. The minimum Gasteiger partial charge on any atom is -0.493 e. The highest BCUT2D eigenvalue weighted by Gasteiger charge is 2.04. The molecule has 0 atom stereocenters. The number of unbranched alkanes of at least 4 members (excludes halogenated alkanes) is 1. The van der Waals surface area contributed by atoms with Crippen molar-refractivity contribution in [2.45, 2.75) is 46.0 Å². The number of hydrogen-bond donors (Lipinski definition) is 1. The first-order valence-corrected chi connectivity index (χ1v) is 9.16. The number of rotatable bonds is 10. The number of hydrogen-bond acceptors (Lipinski definition) is 2. The van der Waals surface area contributed by atoms with E-state index in [-0.39, 0.29) is 5.91 Å². The quantitative estimate of drug-likeness (QED) is 0.642. The number of ether oxygens (including phenoxy) is 1. The predicted molar refractivity (Wildman–Crippen MR) is 103 cm³/mol. The van der Waals surface area contributed by atoms with E-state index in [1.165, 1.54) is 5.56 Å². The molecule has 0 aliphatic rings. The molecule has 2 rings (SSSR count). The van der Waals surface area contributed by atoms with Gasteiger partial charge < -0.3 is 10.1 Å². The van der Waals surface area contributed by atoms with E-state index in [0.717, 1.165) is 49.1 Å². The number of aryl methyl sites for hydroxylation is 3. The van der Waals surface area contributed by atoms with E-state index in [1.54, 1.807) is 0 Å². The van der Waals surface area contributed by atoms with E-state index in [1.807, 2.05) is 38.1 Å². The lowest BCUT2D eigenvalue weighted by molar-refractivity contribution is -0.121. The van der Waals surface area contributed by atoms with Gasteiger partial charge in [-0.25, -0.2) is 0 Å². The third-order valence-corrected chi connectivity index (χ3v) is 4.26. The molecule has 134 valence electrons. The second kappa shape index (κ2) is 10.5. The van der Waals surface area contributed by atoms with Crippen LogP contribution in [0.25, 0.3) is 0 Å². The van der Waals surface area contributed by atoms with Gasteiger partial charge in [-0.2, -0.15) is 0 Å². The summed E-state index contributed by atoms with van der Waals surface area (Å²) in [5, 5.41) is 3.00. The minimum atomic E-state index is 0.116. The van der Waals surface area contributed by atoms with E-state index in [2.05, 4.69) is 29.6 Å². The standard InChI is InChI=1S/C22H29NO2/c1-18-10-8-11-19(2)22(18)25-17-9-15-21(24)23-16-7-6-14-20-12-4-3-5-13-20/h3-5,8,10-13H,6-7,9,14-17H2,1-2H3,(H,23,24). The Morgan fingerprint density at radius 2 is 1.64 bits per heavy atom. The lowest BCUT2D eigenvalue weighted by atomic mass is 10.1. The van der Waals surface area contributed by atoms with Crippen molar-refractivity contribution in [3.05, 3.63) is 65.2 Å². The van der Waals surface area contributed by atoms with Crippen molar-refractivity contribution in [1.82, 2.24) is 5.32 Å². The van der Waals surface area contributed by atoms with Gasteiger partial charge in [-0.1, -0.05) is 48.5 Å². The molecule has 0 saturated carbocycles. The number of nitrogens with one attached hydrogen (secondary N) is 1. The van der Waals surface area contributed by atoms with Crippen molar-refractivity contribution in [1.29, 1.82) is 0 Å². The highest BCUT2D eigenvalue weighted by molar-refractivity contribution is 5.75. The van der Waals surface area contributed by atoms with Gasteiger partial charge in [-0.3, -0.25) is 4.79 Å². The smallest absolute Gasteiger partial charge is 0.220 e. The molecular weight excluding hydrogens is 310 g/mol. The molecule has 1 amide bonds. The Labute approximate surface area is 151 Å². The van der Waals surface area contributed by atoms with Gasteiger partial charge in [0.15, 0.2) is 0 Å². The summed E-state index contributed by atoms with van der Waals surface area (Å²) in [7, 11) is 0. The summed E-state index contributed by atoms with van der Waals surface area (Å²) in [5.74, 6) is 1.06. The molecule has 0 aliphatic carbocycles. The van der Waals surface area contributed by atoms with Gasteiger partial charge in [0.25, 0.3) is 0 Å². The number of carbonyl (C=O) groups is 1. The molecule has 0 fully saturated rings. The van der Waals surface area contributed by atoms with Crippen LogP contribution < -0.4 is 10.1 Å². The molecule has 0 unspecified atom stereocenters. The maximum atomic E-state index is 11.9. The Morgan fingerprint density at radius 1 is 0.920 bits per heavy atom. The molecule has 0 bridgehead atoms. The molecule has 0 spiro atoms. The minimum absolute atomic E-state index is 0.116. The van der Waals surface area contributed by atoms with Crippen molar-refractivity contribution in [2.24, 2.45) is 0 Å². The molecule has 0 aliphatic heterocycles. The van der Waals surface area contributed by atoms with Crippen LogP contribution in [-0.4, -0.2) is 19.1 Å². The Bertz CT molecular complexity index is 632. The molecule has 1 N–H and O–H groups in total. The van der Waals surface area contributed by atoms with Gasteiger partial charge >= 0.3 is 0 Å². The lowest BCUT2D eigenvalue weighted by Gasteiger charge is -2.11. The van der Waals surface area contributed by atoms with E-state index in [0.29, 0.717) is 13.0 Å². The predicted octanol–water partition coefficient (Wildman–Crippen LogP) is 4.60. The van der Waals surface area contributed by atoms with Gasteiger partial charge in [-0.05, 0) is 56.2 Å². The summed E-state index contributed by atoms with van der Waals surface area (Å²) in [6, 6.07) is 16.6. The van der Waals surface area contributed by atoms with Crippen molar-refractivity contribution < 1.29 is 9.53 Å². The third kappa shape index (κ3) is 7.00. The molecular formula is C22H29NO2. The van der Waals surface area contributed by atoms with Crippen LogP contribution in [0.3, 0.4) is 0 Å². The molecule has 0 aromatic heterocycles. The second-order valence-corrected chi connectivity index (χ2v) is 6.47. The zero-order valence-corrected chi connectivity index (χ0v) is 15.4. The summed E-state index contributed by atoms with van der Waals surface area (Å²) in [6.45, 7) is 5.42. The number of benzene rings is 2. The van der Waals surface area contributed by atoms with Crippen LogP contribution in [0.15, 0.2) is 48.5 Å². The highest BCUT2D eigenvalue weighted by Crippen LogP contribution is 2.22. The number of para-hydroxylation sites is 1. The van der Waals surface area contributed by atoms with Crippen molar-refractivity contribution in [3.63, 3.8) is 0 Å². The molecule has 0 saturated heterocycles. The first-order valence-electron chi connectivity index (χ1n) is 9.16. The Kier molecular flexibility index (Phi) is 8.03. The van der Waals surface area contributed by atoms with Gasteiger partial charge in [0.2, 0.25) is 5.91 Å². The zero-order chi connectivity index (χ0) is 17.9. The molecule has 3 heteroatoms. The SMILES string of the molecule is Cc1cccc(C)c1OCCCC(=O)NCCCCc1ccccc1. The maximum Gasteiger partial charge on any atom is 0.220 e. The Morgan fingerprint density at radius 3 is 2.36 bits per heavy atom. The van der Waals surface area contributed by atoms with Crippen LogP contribution >= 0.6 is 0 Å². The molecule has 2 aromatic rings. The summed E-state index contributed by atoms with van der Waals surface area (Å²) >= 11 is 0. The van der Waals surface area contributed by atoms with E-state index in [4.69, 9.17) is 4.74 Å². The van der Waals surface area contributed by atoms with Crippen LogP contribution in [0.5, 0.6) is 5.75 Å². The van der Waals surface area contributed by atoms with Crippen LogP contribution in [-0.2, 0) is 11.2 Å². The van der Waals surface area contributed by atoms with E-state index >= 15 is 0 Å². The van der Waals surface area contributed by atoms with Crippen LogP contribution in [0.1, 0.15) is 42.4 Å². The fourth-order valence-electron chi connectivity index (χ4n) is 2.85. The fourth-order valence-corrected chi connectivity index (χ4v) is 2.85. The number of carbonyl (C=O) groups excluding carboxylic acids is 1. The summed E-state index contributed by atoms with van der Waals surface area (Å²) in [6.07, 6.45) is 4.44. The molecule has 0 heterocycles. The fraction of sp³-hybridized carbons (Fsp3) is 0.409. The number of amides is 1. The van der Waals surface area contributed by atoms with Crippen LogP contribution in [0, 0.1) is 13.8 Å². The zero-order valence-electron chi connectivity index (χ0n) is 15.4. The monoisotopic (exact) mass is 339 g/mol. The molecule has 2 aromatic carbocycles. The van der Waals surface area contributed by atoms with Crippen molar-refractivity contribution in [2.75, 3.05) is 13.2 Å². The van der Waals surface area contributed by atoms with Gasteiger partial charge in [0.05, 0.1) is 6.61 Å². The normalized spacial score (nSPS) is 10.5. The average molecular weight is 339 g/mol. The second-order valence-electron chi connectivity index (χ2n) is 6.47. The van der Waals surface area contributed by atoms with Crippen LogP contribution in [0.4, 0.5) is 0 Å². The Hall–Kier alpha value is -2.29. The van der Waals surface area contributed by atoms with Gasteiger partial charge in [-0.15, -0.1) is 0 Å². The summed E-state index contributed by atoms with van der Waals surface area (Å²) in [5.41, 5.74) is 3.64. The third-order valence-electron chi connectivity index (χ3n) is 4.26. The summed E-state index contributed by atoms with van der Waals surface area (Å²) < 4.78 is 5.83. The summed E-state index contributed by atoms with van der Waals surface area (Å²) in [4.78, 5) is 11.9. The van der Waals surface area contributed by atoms with Crippen molar-refractivity contribution >= 4 is 5.91 Å². The molecule has 3 nitrogen and oxygen atoms in total. The topological polar surface area (TPSA) is 38.3 Å².